The van der Waals surface area contributed by atoms with E-state index < -0.39 is 23.1 Å². The molecule has 0 saturated carbocycles. The Bertz CT molecular complexity index is 819. The van der Waals surface area contributed by atoms with Crippen LogP contribution in [0.5, 0.6) is 0 Å². The van der Waals surface area contributed by atoms with E-state index in [0.29, 0.717) is 16.7 Å². The second-order valence-electron chi connectivity index (χ2n) is 5.46. The van der Waals surface area contributed by atoms with Crippen molar-refractivity contribution in [1.29, 1.82) is 5.41 Å². The summed E-state index contributed by atoms with van der Waals surface area (Å²) in [4.78, 5) is 11.2. The first kappa shape index (κ1) is 16.0. The van der Waals surface area contributed by atoms with Crippen molar-refractivity contribution >= 4 is 40.5 Å². The smallest absolute Gasteiger partial charge is 0.335 e. The van der Waals surface area contributed by atoms with Crippen LogP contribution in [-0.4, -0.2) is 22.2 Å². The average molecular weight is 352 g/mol. The molecule has 1 aromatic carbocycles. The maximum Gasteiger partial charge on any atom is 0.335 e. The number of hydrogen-bond acceptors (Lipinski definition) is 2. The van der Waals surface area contributed by atoms with E-state index >= 15 is 0 Å². The molecule has 0 bridgehead atoms. The van der Waals surface area contributed by atoms with Crippen molar-refractivity contribution in [1.82, 2.24) is 0 Å². The fourth-order valence-electron chi connectivity index (χ4n) is 3.09. The van der Waals surface area contributed by atoms with Gasteiger partial charge < -0.3 is 10.5 Å². The van der Waals surface area contributed by atoms with Gasteiger partial charge in [-0.3, -0.25) is 0 Å². The topological polar surface area (TPSA) is 61.2 Å². The molecule has 0 spiro atoms. The number of fused-ring (bicyclic) bond motifs is 1. The zero-order chi connectivity index (χ0) is 16.9. The Morgan fingerprint density at radius 1 is 1.39 bits per heavy atom. The first-order valence-electron chi connectivity index (χ1n) is 6.88. The largest absolute Gasteiger partial charge is 0.478 e. The van der Waals surface area contributed by atoms with Gasteiger partial charge in [0.2, 0.25) is 0 Å². The van der Waals surface area contributed by atoms with Gasteiger partial charge in [-0.25, -0.2) is 9.18 Å². The van der Waals surface area contributed by atoms with E-state index in [4.69, 9.17) is 28.6 Å². The normalized spacial score (nSPS) is 23.6. The van der Waals surface area contributed by atoms with Crippen molar-refractivity contribution < 1.29 is 14.3 Å². The summed E-state index contributed by atoms with van der Waals surface area (Å²) in [5.74, 6) is -2.10. The van der Waals surface area contributed by atoms with Crippen molar-refractivity contribution in [3.63, 3.8) is 0 Å². The van der Waals surface area contributed by atoms with Gasteiger partial charge in [-0.2, -0.15) is 0 Å². The van der Waals surface area contributed by atoms with Crippen LogP contribution < -0.4 is 0 Å². The predicted molar refractivity (Wildman–Crippen MR) is 88.7 cm³/mol. The van der Waals surface area contributed by atoms with E-state index in [1.165, 1.54) is 24.3 Å². The molecular formula is C17H12Cl2FNO2. The van der Waals surface area contributed by atoms with E-state index in [0.717, 1.165) is 0 Å². The second kappa shape index (κ2) is 5.62. The number of hydrogen-bond donors (Lipinski definition) is 2. The highest BCUT2D eigenvalue weighted by Gasteiger charge is 2.40. The highest BCUT2D eigenvalue weighted by Crippen LogP contribution is 2.46. The molecule has 118 valence electrons. The molecule has 0 heterocycles. The number of rotatable bonds is 2. The number of carbonyl (C=O) groups is 1. The molecule has 23 heavy (non-hydrogen) atoms. The highest BCUT2D eigenvalue weighted by atomic mass is 35.5. The lowest BCUT2D eigenvalue weighted by Gasteiger charge is -2.22. The Hall–Kier alpha value is -1.91. The Morgan fingerprint density at radius 2 is 2.09 bits per heavy atom. The molecule has 0 radical (unpaired) electrons. The van der Waals surface area contributed by atoms with Crippen LogP contribution in [0.3, 0.4) is 0 Å². The summed E-state index contributed by atoms with van der Waals surface area (Å²) >= 11 is 12.4. The van der Waals surface area contributed by atoms with Gasteiger partial charge in [-0.05, 0) is 36.3 Å². The Balaban J connectivity index is 2.21. The number of alkyl halides is 1. The first-order chi connectivity index (χ1) is 10.8. The minimum absolute atomic E-state index is 0.0734. The average Bonchev–Trinajstić information content (AvgIpc) is 2.72. The van der Waals surface area contributed by atoms with Gasteiger partial charge in [0.25, 0.3) is 0 Å². The van der Waals surface area contributed by atoms with Crippen molar-refractivity contribution in [3.05, 3.63) is 63.5 Å². The van der Waals surface area contributed by atoms with Crippen LogP contribution in [0, 0.1) is 17.1 Å². The minimum atomic E-state index is -1.08. The Labute approximate surface area is 142 Å². The van der Waals surface area contributed by atoms with E-state index in [-0.39, 0.29) is 21.9 Å². The van der Waals surface area contributed by atoms with Gasteiger partial charge in [0.15, 0.2) is 0 Å². The van der Waals surface area contributed by atoms with Crippen molar-refractivity contribution in [2.24, 2.45) is 5.92 Å². The maximum atomic E-state index is 14.3. The van der Waals surface area contributed by atoms with Crippen LogP contribution in [0.25, 0.3) is 5.57 Å². The summed E-state index contributed by atoms with van der Waals surface area (Å²) in [5.41, 5.74) is 2.03. The van der Waals surface area contributed by atoms with Gasteiger partial charge in [0.05, 0.1) is 16.0 Å². The van der Waals surface area contributed by atoms with Crippen molar-refractivity contribution in [3.8, 4) is 0 Å². The van der Waals surface area contributed by atoms with Gasteiger partial charge in [-0.1, -0.05) is 23.7 Å². The van der Waals surface area contributed by atoms with E-state index in [1.54, 1.807) is 13.0 Å². The second-order valence-corrected chi connectivity index (χ2v) is 6.37. The zero-order valence-corrected chi connectivity index (χ0v) is 13.5. The monoisotopic (exact) mass is 351 g/mol. The molecule has 2 aliphatic carbocycles. The lowest BCUT2D eigenvalue weighted by Crippen LogP contribution is -2.25. The highest BCUT2D eigenvalue weighted by molar-refractivity contribution is 6.39. The van der Waals surface area contributed by atoms with Crippen LogP contribution in [0.2, 0.25) is 5.02 Å². The number of allylic oxidation sites excluding steroid dienone is 4. The Kier molecular flexibility index (Phi) is 3.90. The molecule has 3 nitrogen and oxygen atoms in total. The number of halogens is 3. The number of aliphatic carboxylic acids is 1. The minimum Gasteiger partial charge on any atom is -0.478 e. The summed E-state index contributed by atoms with van der Waals surface area (Å²) in [6, 6.07) is 4.34. The van der Waals surface area contributed by atoms with E-state index in [2.05, 4.69) is 0 Å². The molecule has 1 aromatic rings. The molecule has 0 amide bonds. The van der Waals surface area contributed by atoms with Crippen LogP contribution in [-0.2, 0) is 4.79 Å². The fourth-order valence-corrected chi connectivity index (χ4v) is 3.75. The molecule has 0 aliphatic heterocycles. The van der Waals surface area contributed by atoms with Gasteiger partial charge in [0, 0.05) is 22.8 Å². The van der Waals surface area contributed by atoms with Crippen LogP contribution in [0.15, 0.2) is 47.1 Å². The fraction of sp³-hybridized carbons (Fsp3) is 0.176. The maximum absolute atomic E-state index is 14.3. The van der Waals surface area contributed by atoms with Gasteiger partial charge in [-0.15, -0.1) is 11.6 Å². The summed E-state index contributed by atoms with van der Waals surface area (Å²) < 4.78 is 14.3. The molecule has 2 atom stereocenters. The van der Waals surface area contributed by atoms with E-state index in [9.17, 15) is 14.3 Å². The molecule has 2 N–H and O–H groups in total. The number of benzene rings is 1. The standard InChI is InChI=1S/C17H12Cl2FNO2/c1-7-9-5-8(17(22)23)6-11(19)14(9)16(21)13(7)15-10(18)3-2-4-12(15)20/h2-6,11,14,21H,1H3,(H,22,23). The molecule has 0 saturated heterocycles. The molecule has 2 aliphatic rings. The summed E-state index contributed by atoms with van der Waals surface area (Å²) in [7, 11) is 0. The number of nitrogens with one attached hydrogen (secondary N) is 1. The third-order valence-electron chi connectivity index (χ3n) is 4.15. The lowest BCUT2D eigenvalue weighted by atomic mass is 9.86. The summed E-state index contributed by atoms with van der Waals surface area (Å²) in [6.07, 6.45) is 2.91. The quantitative estimate of drug-likeness (QED) is 0.772. The molecule has 3 rings (SSSR count). The number of carboxylic acid groups (broad SMARTS) is 1. The summed E-state index contributed by atoms with van der Waals surface area (Å²) in [5, 5.41) is 17.1. The third kappa shape index (κ3) is 2.42. The first-order valence-corrected chi connectivity index (χ1v) is 7.69. The molecular weight excluding hydrogens is 340 g/mol. The van der Waals surface area contributed by atoms with Crippen LogP contribution in [0.1, 0.15) is 12.5 Å². The van der Waals surface area contributed by atoms with Crippen molar-refractivity contribution in [2.75, 3.05) is 0 Å². The third-order valence-corrected chi connectivity index (χ3v) is 4.84. The molecule has 0 aromatic heterocycles. The molecule has 2 unspecified atom stereocenters. The summed E-state index contributed by atoms with van der Waals surface area (Å²) in [6.45, 7) is 1.73. The molecule has 6 heteroatoms. The SMILES string of the molecule is CC1=C(c2c(F)cccc2Cl)C(=N)C2C1=CC(C(=O)O)=CC2Cl. The zero-order valence-electron chi connectivity index (χ0n) is 12.0. The van der Waals surface area contributed by atoms with Crippen molar-refractivity contribution in [2.45, 2.75) is 12.3 Å². The lowest BCUT2D eigenvalue weighted by molar-refractivity contribution is -0.132. The van der Waals surface area contributed by atoms with Gasteiger partial charge in [0.1, 0.15) is 5.82 Å². The van der Waals surface area contributed by atoms with Gasteiger partial charge >= 0.3 is 5.97 Å². The van der Waals surface area contributed by atoms with Crippen LogP contribution in [0.4, 0.5) is 4.39 Å². The van der Waals surface area contributed by atoms with Crippen LogP contribution >= 0.6 is 23.2 Å². The Morgan fingerprint density at radius 3 is 2.70 bits per heavy atom. The molecule has 0 fully saturated rings. The predicted octanol–water partition coefficient (Wildman–Crippen LogP) is 4.46. The van der Waals surface area contributed by atoms with E-state index in [1.807, 2.05) is 0 Å². The number of carboxylic acids is 1.